The van der Waals surface area contributed by atoms with Crippen LogP contribution in [0.4, 0.5) is 5.69 Å². The van der Waals surface area contributed by atoms with Gasteiger partial charge < -0.3 is 19.7 Å². The first kappa shape index (κ1) is 19.8. The van der Waals surface area contributed by atoms with Gasteiger partial charge in [0.05, 0.1) is 12.8 Å². The molecule has 8 heteroatoms. The van der Waals surface area contributed by atoms with E-state index in [1.165, 1.54) is 11.3 Å². The maximum Gasteiger partial charge on any atom is 0.217 e. The Morgan fingerprint density at radius 1 is 1.24 bits per heavy atom. The molecule has 3 aromatic rings. The monoisotopic (exact) mass is 412 g/mol. The largest absolute Gasteiger partial charge is 0.497 e. The Balaban J connectivity index is 1.37. The molecule has 152 valence electrons. The van der Waals surface area contributed by atoms with Crippen LogP contribution in [-0.4, -0.2) is 54.4 Å². The zero-order chi connectivity index (χ0) is 20.2. The quantitative estimate of drug-likeness (QED) is 0.600. The van der Waals surface area contributed by atoms with Gasteiger partial charge in [-0.25, -0.2) is 0 Å². The molecular formula is C21H26N5O2S+. The summed E-state index contributed by atoms with van der Waals surface area (Å²) in [6.45, 7) is 0.931. The molecule has 1 fully saturated rings. The van der Waals surface area contributed by atoms with Crippen LogP contribution >= 0.6 is 11.8 Å². The van der Waals surface area contributed by atoms with Crippen molar-refractivity contribution in [2.24, 2.45) is 0 Å². The highest BCUT2D eigenvalue weighted by molar-refractivity contribution is 7.99. The first-order chi connectivity index (χ1) is 14.1. The molecule has 0 unspecified atom stereocenters. The van der Waals surface area contributed by atoms with E-state index in [1.54, 1.807) is 25.2 Å². The van der Waals surface area contributed by atoms with Gasteiger partial charge in [0.25, 0.3) is 0 Å². The van der Waals surface area contributed by atoms with Crippen LogP contribution in [0.15, 0.2) is 60.0 Å². The van der Waals surface area contributed by atoms with Gasteiger partial charge in [-0.05, 0) is 36.4 Å². The van der Waals surface area contributed by atoms with Gasteiger partial charge in [0.15, 0.2) is 5.16 Å². The van der Waals surface area contributed by atoms with Crippen molar-refractivity contribution in [2.45, 2.75) is 17.5 Å². The molecule has 1 aliphatic heterocycles. The normalized spacial score (nSPS) is 18.7. The third-order valence-electron chi connectivity index (χ3n) is 4.94. The number of methoxy groups -OCH3 is 1. The number of thioether (sulfide) groups is 1. The van der Waals surface area contributed by atoms with Crippen molar-refractivity contribution >= 4 is 17.4 Å². The summed E-state index contributed by atoms with van der Waals surface area (Å²) in [5, 5.41) is 11.5. The zero-order valence-corrected chi connectivity index (χ0v) is 17.7. The number of hydrogen-bond donors (Lipinski definition) is 1. The van der Waals surface area contributed by atoms with Gasteiger partial charge in [0, 0.05) is 37.2 Å². The summed E-state index contributed by atoms with van der Waals surface area (Å²) in [5.41, 5.74) is 3.37. The second-order valence-electron chi connectivity index (χ2n) is 7.13. The number of nitrogens with zero attached hydrogens (tertiary/aromatic N) is 4. The number of aromatic nitrogens is 3. The van der Waals surface area contributed by atoms with E-state index in [0.717, 1.165) is 28.9 Å². The fourth-order valence-electron chi connectivity index (χ4n) is 3.31. The average Bonchev–Trinajstić information content (AvgIpc) is 3.42. The maximum atomic E-state index is 6.26. The van der Waals surface area contributed by atoms with Crippen LogP contribution in [0.3, 0.4) is 0 Å². The van der Waals surface area contributed by atoms with Gasteiger partial charge in [0.1, 0.15) is 24.7 Å². The van der Waals surface area contributed by atoms with E-state index < -0.39 is 0 Å². The van der Waals surface area contributed by atoms with Crippen molar-refractivity contribution in [3.05, 3.63) is 60.4 Å². The van der Waals surface area contributed by atoms with E-state index in [2.05, 4.69) is 44.7 Å². The highest BCUT2D eigenvalue weighted by Gasteiger charge is 2.30. The van der Waals surface area contributed by atoms with Crippen LogP contribution in [0, 0.1) is 0 Å². The minimum Gasteiger partial charge on any atom is -0.497 e. The van der Waals surface area contributed by atoms with Gasteiger partial charge in [-0.3, -0.25) is 4.57 Å². The van der Waals surface area contributed by atoms with Crippen molar-refractivity contribution in [3.63, 3.8) is 0 Å². The van der Waals surface area contributed by atoms with Crippen LogP contribution in [0.2, 0.25) is 0 Å². The molecule has 4 rings (SSSR count). The molecular weight excluding hydrogens is 386 g/mol. The molecule has 0 amide bonds. The molecule has 0 aliphatic carbocycles. The lowest BCUT2D eigenvalue weighted by Gasteiger charge is -2.14. The van der Waals surface area contributed by atoms with Gasteiger partial charge >= 0.3 is 0 Å². The van der Waals surface area contributed by atoms with Crippen molar-refractivity contribution in [2.75, 3.05) is 38.4 Å². The lowest BCUT2D eigenvalue weighted by molar-refractivity contribution is -0.697. The first-order valence-electron chi connectivity index (χ1n) is 9.57. The molecule has 1 aliphatic rings. The molecule has 2 heterocycles. The van der Waals surface area contributed by atoms with Crippen LogP contribution in [0.5, 0.6) is 5.75 Å². The fourth-order valence-corrected chi connectivity index (χ4v) is 4.25. The molecule has 0 bridgehead atoms. The predicted molar refractivity (Wildman–Crippen MR) is 114 cm³/mol. The summed E-state index contributed by atoms with van der Waals surface area (Å²) in [5.74, 6) is 1.63. The van der Waals surface area contributed by atoms with E-state index in [9.17, 15) is 0 Å². The number of ether oxygens (including phenoxy) is 2. The number of nitrogens with two attached hydrogens (primary N) is 1. The van der Waals surface area contributed by atoms with Crippen molar-refractivity contribution < 1.29 is 14.8 Å². The summed E-state index contributed by atoms with van der Waals surface area (Å²) in [4.78, 5) is 2.10. The van der Waals surface area contributed by atoms with E-state index in [0.29, 0.717) is 0 Å². The molecule has 1 aromatic heterocycles. The van der Waals surface area contributed by atoms with E-state index in [4.69, 9.17) is 9.47 Å². The molecule has 0 spiro atoms. The number of hydrogen-bond acceptors (Lipinski definition) is 6. The van der Waals surface area contributed by atoms with Crippen molar-refractivity contribution in [3.8, 4) is 11.4 Å². The molecule has 2 atom stereocenters. The van der Waals surface area contributed by atoms with Crippen LogP contribution in [0.25, 0.3) is 5.69 Å². The van der Waals surface area contributed by atoms with Gasteiger partial charge in [-0.1, -0.05) is 17.8 Å². The number of rotatable bonds is 7. The SMILES string of the molecule is COc1cccc(-n2cnnc2SC[C@H]2C[NH2+][C@H](c3ccc(N(C)C)cc3)O2)c1. The highest BCUT2D eigenvalue weighted by atomic mass is 32.2. The summed E-state index contributed by atoms with van der Waals surface area (Å²) >= 11 is 1.66. The second-order valence-corrected chi connectivity index (χ2v) is 8.12. The molecule has 2 N–H and O–H groups in total. The molecule has 7 nitrogen and oxygen atoms in total. The zero-order valence-electron chi connectivity index (χ0n) is 16.9. The smallest absolute Gasteiger partial charge is 0.217 e. The minimum atomic E-state index is 0.0491. The van der Waals surface area contributed by atoms with E-state index in [-0.39, 0.29) is 12.3 Å². The van der Waals surface area contributed by atoms with Crippen LogP contribution < -0.4 is 15.0 Å². The van der Waals surface area contributed by atoms with Crippen molar-refractivity contribution in [1.82, 2.24) is 14.8 Å². The fraction of sp³-hybridized carbons (Fsp3) is 0.333. The van der Waals surface area contributed by atoms with Crippen LogP contribution in [0.1, 0.15) is 11.8 Å². The topological polar surface area (TPSA) is 69.0 Å². The van der Waals surface area contributed by atoms with Crippen LogP contribution in [-0.2, 0) is 4.74 Å². The Hall–Kier alpha value is -2.55. The third-order valence-corrected chi connectivity index (χ3v) is 6.01. The first-order valence-corrected chi connectivity index (χ1v) is 10.6. The van der Waals surface area contributed by atoms with Gasteiger partial charge in [-0.2, -0.15) is 0 Å². The summed E-state index contributed by atoms with van der Waals surface area (Å²) in [7, 11) is 5.76. The summed E-state index contributed by atoms with van der Waals surface area (Å²) in [6, 6.07) is 16.4. The highest BCUT2D eigenvalue weighted by Crippen LogP contribution is 2.26. The summed E-state index contributed by atoms with van der Waals surface area (Å²) < 4.78 is 13.6. The lowest BCUT2D eigenvalue weighted by Crippen LogP contribution is -2.82. The lowest BCUT2D eigenvalue weighted by atomic mass is 10.2. The molecule has 0 radical (unpaired) electrons. The Morgan fingerprint density at radius 3 is 2.83 bits per heavy atom. The second kappa shape index (κ2) is 8.86. The number of anilines is 1. The summed E-state index contributed by atoms with van der Waals surface area (Å²) in [6.07, 6.45) is 1.94. The minimum absolute atomic E-state index is 0.0491. The number of benzene rings is 2. The van der Waals surface area contributed by atoms with Crippen molar-refractivity contribution in [1.29, 1.82) is 0 Å². The molecule has 29 heavy (non-hydrogen) atoms. The standard InChI is InChI=1S/C21H25N5O2S/c1-25(2)16-9-7-15(8-10-16)20-22-12-19(28-20)13-29-21-24-23-14-26(21)17-5-4-6-18(11-17)27-3/h4-11,14,19-20,22H,12-13H2,1-3H3/p+1/t19-,20+/m1/s1. The Bertz CT molecular complexity index is 944. The Kier molecular flexibility index (Phi) is 6.03. The van der Waals surface area contributed by atoms with Gasteiger partial charge in [-0.15, -0.1) is 10.2 Å². The van der Waals surface area contributed by atoms with E-state index >= 15 is 0 Å². The molecule has 0 saturated carbocycles. The Labute approximate surface area is 175 Å². The van der Waals surface area contributed by atoms with Gasteiger partial charge in [0.2, 0.25) is 6.23 Å². The molecule has 2 aromatic carbocycles. The predicted octanol–water partition coefficient (Wildman–Crippen LogP) is 2.09. The Morgan fingerprint density at radius 2 is 2.07 bits per heavy atom. The average molecular weight is 413 g/mol. The number of quaternary nitrogens is 1. The van der Waals surface area contributed by atoms with E-state index in [1.807, 2.05) is 42.9 Å². The molecule has 1 saturated heterocycles. The third kappa shape index (κ3) is 4.55. The maximum absolute atomic E-state index is 6.26.